The second-order valence-electron chi connectivity index (χ2n) is 6.05. The Morgan fingerprint density at radius 1 is 1.09 bits per heavy atom. The van der Waals surface area contributed by atoms with Crippen molar-refractivity contribution in [3.05, 3.63) is 54.4 Å². The number of aromatic nitrogens is 2. The van der Waals surface area contributed by atoms with Crippen LogP contribution in [0.1, 0.15) is 11.3 Å². The zero-order valence-corrected chi connectivity index (χ0v) is 13.3. The lowest BCUT2D eigenvalue weighted by molar-refractivity contribution is 0.247. The molecule has 23 heavy (non-hydrogen) atoms. The van der Waals surface area contributed by atoms with Crippen molar-refractivity contribution in [3.63, 3.8) is 0 Å². The van der Waals surface area contributed by atoms with E-state index >= 15 is 0 Å². The molecule has 0 amide bonds. The standard InChI is InChI=1S/C18H20N4O/c1-14-10-19-17-5-3-2-4-16(17)18(14)22-8-6-21(7-9-22)11-15-12-23-13-20-15/h2-5,10,12-13H,6-9,11H2,1H3. The normalized spacial score (nSPS) is 16.1. The molecule has 1 saturated heterocycles. The van der Waals surface area contributed by atoms with Crippen molar-refractivity contribution in [1.29, 1.82) is 0 Å². The van der Waals surface area contributed by atoms with Gasteiger partial charge in [-0.05, 0) is 18.6 Å². The number of aryl methyl sites for hydroxylation is 1. The molecular formula is C18H20N4O. The highest BCUT2D eigenvalue weighted by Crippen LogP contribution is 2.29. The van der Waals surface area contributed by atoms with Gasteiger partial charge in [-0.2, -0.15) is 0 Å². The van der Waals surface area contributed by atoms with Gasteiger partial charge in [-0.25, -0.2) is 4.98 Å². The minimum absolute atomic E-state index is 0.862. The summed E-state index contributed by atoms with van der Waals surface area (Å²) in [5.41, 5.74) is 4.65. The van der Waals surface area contributed by atoms with Gasteiger partial charge >= 0.3 is 0 Å². The molecule has 0 radical (unpaired) electrons. The molecule has 1 aliphatic rings. The van der Waals surface area contributed by atoms with Gasteiger partial charge in [-0.15, -0.1) is 0 Å². The minimum Gasteiger partial charge on any atom is -0.451 e. The van der Waals surface area contributed by atoms with E-state index in [2.05, 4.69) is 44.9 Å². The van der Waals surface area contributed by atoms with Crippen LogP contribution >= 0.6 is 0 Å². The van der Waals surface area contributed by atoms with E-state index in [0.717, 1.165) is 43.9 Å². The maximum absolute atomic E-state index is 5.06. The van der Waals surface area contributed by atoms with Crippen LogP contribution in [0.3, 0.4) is 0 Å². The average Bonchev–Trinajstić information content (AvgIpc) is 3.09. The zero-order valence-electron chi connectivity index (χ0n) is 13.3. The van der Waals surface area contributed by atoms with Crippen LogP contribution in [0.25, 0.3) is 10.9 Å². The highest BCUT2D eigenvalue weighted by Gasteiger charge is 2.20. The number of hydrogen-bond donors (Lipinski definition) is 0. The van der Waals surface area contributed by atoms with Crippen LogP contribution in [-0.2, 0) is 6.54 Å². The molecule has 1 fully saturated rings. The Morgan fingerprint density at radius 3 is 2.70 bits per heavy atom. The van der Waals surface area contributed by atoms with Gasteiger partial charge in [0.2, 0.25) is 0 Å². The maximum Gasteiger partial charge on any atom is 0.180 e. The Bertz CT molecular complexity index is 792. The summed E-state index contributed by atoms with van der Waals surface area (Å²) in [6.45, 7) is 7.11. The monoisotopic (exact) mass is 308 g/mol. The van der Waals surface area contributed by atoms with E-state index in [4.69, 9.17) is 4.42 Å². The molecule has 0 bridgehead atoms. The molecule has 0 spiro atoms. The highest BCUT2D eigenvalue weighted by molar-refractivity contribution is 5.93. The molecule has 4 rings (SSSR count). The molecule has 3 aromatic rings. The van der Waals surface area contributed by atoms with Crippen LogP contribution in [0.15, 0.2) is 47.5 Å². The van der Waals surface area contributed by atoms with E-state index in [9.17, 15) is 0 Å². The summed E-state index contributed by atoms with van der Waals surface area (Å²) in [6.07, 6.45) is 5.21. The quantitative estimate of drug-likeness (QED) is 0.744. The van der Waals surface area contributed by atoms with E-state index in [1.807, 2.05) is 12.3 Å². The SMILES string of the molecule is Cc1cnc2ccccc2c1N1CCN(Cc2cocn2)CC1. The first-order valence-corrected chi connectivity index (χ1v) is 8.00. The summed E-state index contributed by atoms with van der Waals surface area (Å²) in [5, 5.41) is 1.25. The van der Waals surface area contributed by atoms with E-state index in [0.29, 0.717) is 0 Å². The second kappa shape index (κ2) is 6.01. The maximum atomic E-state index is 5.06. The smallest absolute Gasteiger partial charge is 0.180 e. The van der Waals surface area contributed by atoms with Gasteiger partial charge < -0.3 is 9.32 Å². The molecule has 0 N–H and O–H groups in total. The Kier molecular flexibility index (Phi) is 3.71. The number of rotatable bonds is 3. The fourth-order valence-electron chi connectivity index (χ4n) is 3.32. The van der Waals surface area contributed by atoms with Crippen LogP contribution in [0.5, 0.6) is 0 Å². The van der Waals surface area contributed by atoms with E-state index in [1.54, 1.807) is 6.26 Å². The molecule has 1 aliphatic heterocycles. The van der Waals surface area contributed by atoms with Crippen molar-refractivity contribution >= 4 is 16.6 Å². The number of benzene rings is 1. The number of piperazine rings is 1. The number of oxazole rings is 1. The third-order valence-electron chi connectivity index (χ3n) is 4.49. The van der Waals surface area contributed by atoms with Crippen molar-refractivity contribution in [2.24, 2.45) is 0 Å². The number of fused-ring (bicyclic) bond motifs is 1. The third-order valence-corrected chi connectivity index (χ3v) is 4.49. The average molecular weight is 308 g/mol. The summed E-state index contributed by atoms with van der Waals surface area (Å²) in [4.78, 5) is 13.7. The summed E-state index contributed by atoms with van der Waals surface area (Å²) >= 11 is 0. The minimum atomic E-state index is 0.862. The summed E-state index contributed by atoms with van der Waals surface area (Å²) in [7, 11) is 0. The molecule has 0 aliphatic carbocycles. The summed E-state index contributed by atoms with van der Waals surface area (Å²) in [6, 6.07) is 8.39. The van der Waals surface area contributed by atoms with Crippen LogP contribution in [0.4, 0.5) is 5.69 Å². The van der Waals surface area contributed by atoms with Gasteiger partial charge in [0.05, 0.1) is 16.9 Å². The molecule has 3 heterocycles. The Hall–Kier alpha value is -2.40. The highest BCUT2D eigenvalue weighted by atomic mass is 16.3. The van der Waals surface area contributed by atoms with Crippen molar-refractivity contribution in [3.8, 4) is 0 Å². The first-order chi connectivity index (χ1) is 11.3. The first kappa shape index (κ1) is 14.2. The van der Waals surface area contributed by atoms with Crippen molar-refractivity contribution in [2.75, 3.05) is 31.1 Å². The topological polar surface area (TPSA) is 45.4 Å². The van der Waals surface area contributed by atoms with Crippen molar-refractivity contribution in [1.82, 2.24) is 14.9 Å². The predicted octanol–water partition coefficient (Wildman–Crippen LogP) is 2.85. The van der Waals surface area contributed by atoms with Gasteiger partial charge in [0.25, 0.3) is 0 Å². The fraction of sp³-hybridized carbons (Fsp3) is 0.333. The summed E-state index contributed by atoms with van der Waals surface area (Å²) < 4.78 is 5.06. The first-order valence-electron chi connectivity index (χ1n) is 8.00. The number of pyridine rings is 1. The molecule has 0 saturated carbocycles. The molecule has 118 valence electrons. The molecule has 2 aromatic heterocycles. The second-order valence-corrected chi connectivity index (χ2v) is 6.05. The Morgan fingerprint density at radius 2 is 1.91 bits per heavy atom. The Balaban J connectivity index is 1.53. The van der Waals surface area contributed by atoms with Crippen molar-refractivity contribution in [2.45, 2.75) is 13.5 Å². The molecule has 1 aromatic carbocycles. The predicted molar refractivity (Wildman–Crippen MR) is 90.5 cm³/mol. The van der Waals surface area contributed by atoms with E-state index in [1.165, 1.54) is 23.0 Å². The van der Waals surface area contributed by atoms with Gasteiger partial charge in [0.15, 0.2) is 6.39 Å². The van der Waals surface area contributed by atoms with Gasteiger partial charge in [0.1, 0.15) is 6.26 Å². The third kappa shape index (κ3) is 2.80. The van der Waals surface area contributed by atoms with Crippen LogP contribution in [0, 0.1) is 6.92 Å². The van der Waals surface area contributed by atoms with Crippen LogP contribution in [0.2, 0.25) is 0 Å². The Labute approximate surface area is 135 Å². The van der Waals surface area contributed by atoms with Gasteiger partial charge in [0, 0.05) is 44.3 Å². The lowest BCUT2D eigenvalue weighted by Gasteiger charge is -2.37. The zero-order chi connectivity index (χ0) is 15.6. The molecule has 0 atom stereocenters. The van der Waals surface area contributed by atoms with Gasteiger partial charge in [-0.1, -0.05) is 18.2 Å². The molecule has 5 nitrogen and oxygen atoms in total. The number of para-hydroxylation sites is 1. The largest absolute Gasteiger partial charge is 0.451 e. The van der Waals surface area contributed by atoms with E-state index < -0.39 is 0 Å². The van der Waals surface area contributed by atoms with Crippen molar-refractivity contribution < 1.29 is 4.42 Å². The molecule has 0 unspecified atom stereocenters. The molecular weight excluding hydrogens is 288 g/mol. The molecule has 5 heteroatoms. The number of nitrogens with zero attached hydrogens (tertiary/aromatic N) is 4. The van der Waals surface area contributed by atoms with Crippen LogP contribution < -0.4 is 4.90 Å². The van der Waals surface area contributed by atoms with Gasteiger partial charge in [-0.3, -0.25) is 9.88 Å². The van der Waals surface area contributed by atoms with E-state index in [-0.39, 0.29) is 0 Å². The summed E-state index contributed by atoms with van der Waals surface area (Å²) in [5.74, 6) is 0. The fourth-order valence-corrected chi connectivity index (χ4v) is 3.32. The number of anilines is 1. The van der Waals surface area contributed by atoms with Crippen LogP contribution in [-0.4, -0.2) is 41.0 Å². The number of hydrogen-bond acceptors (Lipinski definition) is 5. The lowest BCUT2D eigenvalue weighted by Crippen LogP contribution is -2.46. The lowest BCUT2D eigenvalue weighted by atomic mass is 10.1.